The van der Waals surface area contributed by atoms with E-state index >= 15 is 0 Å². The molecule has 1 heteroatoms. The van der Waals surface area contributed by atoms with Gasteiger partial charge in [0.2, 0.25) is 0 Å². The Kier molecular flexibility index (Phi) is 4.39. The van der Waals surface area contributed by atoms with Crippen LogP contribution in [0.1, 0.15) is 13.7 Å². The summed E-state index contributed by atoms with van der Waals surface area (Å²) in [5.41, 5.74) is 5.00. The van der Waals surface area contributed by atoms with Gasteiger partial charge in [0, 0.05) is 16.2 Å². The standard InChI is InChI=1S/C48H30O/c1-3-13-31(14-4-1)36-26-24-34(29-44(36)32-15-5-2-6-16-32)46-39-19-9-11-21-41(39)47(42-22-12-10-20-40(42)46)35-25-27-38-43-28-23-33-17-7-8-18-37(33)48(43)49-45(38)30-35/h1-30H/i1D,2D,3D,4D,5D,6D,13D,14D,15D,16D. The van der Waals surface area contributed by atoms with Crippen LogP contribution >= 0.6 is 0 Å². The van der Waals surface area contributed by atoms with Gasteiger partial charge < -0.3 is 4.42 Å². The van der Waals surface area contributed by atoms with Crippen molar-refractivity contribution in [2.45, 2.75) is 0 Å². The van der Waals surface area contributed by atoms with Crippen molar-refractivity contribution in [2.24, 2.45) is 0 Å². The molecule has 0 spiro atoms. The van der Waals surface area contributed by atoms with Crippen molar-refractivity contribution in [3.8, 4) is 44.5 Å². The van der Waals surface area contributed by atoms with E-state index in [0.717, 1.165) is 70.9 Å². The van der Waals surface area contributed by atoms with E-state index in [1.165, 1.54) is 0 Å². The zero-order valence-electron chi connectivity index (χ0n) is 36.0. The summed E-state index contributed by atoms with van der Waals surface area (Å²) in [5, 5.41) is 7.86. The maximum atomic E-state index is 8.97. The number of hydrogen-bond acceptors (Lipinski definition) is 1. The predicted octanol–water partition coefficient (Wildman–Crippen LogP) is 13.7. The van der Waals surface area contributed by atoms with Crippen LogP contribution < -0.4 is 0 Å². The first-order valence-electron chi connectivity index (χ1n) is 21.0. The van der Waals surface area contributed by atoms with Gasteiger partial charge in [-0.05, 0) is 95.7 Å². The molecule has 9 aromatic carbocycles. The lowest BCUT2D eigenvalue weighted by atomic mass is 9.84. The lowest BCUT2D eigenvalue weighted by molar-refractivity contribution is 0.673. The molecule has 0 unspecified atom stereocenters. The summed E-state index contributed by atoms with van der Waals surface area (Å²) in [6, 6.07) is 34.7. The van der Waals surface area contributed by atoms with Gasteiger partial charge >= 0.3 is 0 Å². The molecule has 1 aromatic heterocycles. The number of hydrogen-bond donors (Lipinski definition) is 0. The van der Waals surface area contributed by atoms with Gasteiger partial charge in [-0.25, -0.2) is 0 Å². The van der Waals surface area contributed by atoms with Crippen molar-refractivity contribution in [3.63, 3.8) is 0 Å². The largest absolute Gasteiger partial charge is 0.455 e. The van der Waals surface area contributed by atoms with Crippen LogP contribution in [-0.4, -0.2) is 0 Å². The van der Waals surface area contributed by atoms with Crippen LogP contribution in [-0.2, 0) is 0 Å². The van der Waals surface area contributed by atoms with Gasteiger partial charge in [0.15, 0.2) is 0 Å². The van der Waals surface area contributed by atoms with Crippen molar-refractivity contribution in [2.75, 3.05) is 0 Å². The quantitative estimate of drug-likeness (QED) is 0.176. The van der Waals surface area contributed by atoms with Crippen molar-refractivity contribution in [1.29, 1.82) is 0 Å². The Bertz CT molecular complexity index is 3350. The zero-order chi connectivity index (χ0) is 41.0. The molecule has 0 aliphatic heterocycles. The molecular formula is C48H30O. The van der Waals surface area contributed by atoms with E-state index in [4.69, 9.17) is 18.1 Å². The minimum absolute atomic E-state index is 0.136. The SMILES string of the molecule is [2H]c1c([2H])c([2H])c(-c2ccc(-c3c4ccccc4c(-c4ccc5c(c4)oc4c6ccccc6ccc54)c4ccccc34)cc2-c2c([2H])c([2H])c([2H])c([2H])c2[2H])c([2H])c1[2H]. The molecule has 0 saturated carbocycles. The van der Waals surface area contributed by atoms with Gasteiger partial charge in [0.05, 0.1) is 13.7 Å². The summed E-state index contributed by atoms with van der Waals surface area (Å²) >= 11 is 0. The van der Waals surface area contributed by atoms with Gasteiger partial charge in [0.25, 0.3) is 0 Å². The Balaban J connectivity index is 1.27. The van der Waals surface area contributed by atoms with E-state index in [9.17, 15) is 0 Å². The summed E-state index contributed by atoms with van der Waals surface area (Å²) in [4.78, 5) is 0. The second-order valence-corrected chi connectivity index (χ2v) is 12.1. The van der Waals surface area contributed by atoms with E-state index < -0.39 is 60.4 Å². The highest BCUT2D eigenvalue weighted by molar-refractivity contribution is 6.22. The van der Waals surface area contributed by atoms with E-state index in [1.54, 1.807) is 18.2 Å². The fourth-order valence-corrected chi connectivity index (χ4v) is 7.30. The molecule has 10 aromatic rings. The molecule has 0 radical (unpaired) electrons. The predicted molar refractivity (Wildman–Crippen MR) is 208 cm³/mol. The van der Waals surface area contributed by atoms with Crippen LogP contribution in [0.25, 0.3) is 98.8 Å². The monoisotopic (exact) mass is 632 g/mol. The van der Waals surface area contributed by atoms with Crippen LogP contribution in [0.15, 0.2) is 186 Å². The van der Waals surface area contributed by atoms with Gasteiger partial charge in [-0.3, -0.25) is 0 Å². The Morgan fingerprint density at radius 1 is 0.367 bits per heavy atom. The van der Waals surface area contributed by atoms with Gasteiger partial charge in [-0.15, -0.1) is 0 Å². The molecule has 0 atom stereocenters. The molecule has 1 heterocycles. The Hall–Kier alpha value is -6.44. The maximum Gasteiger partial charge on any atom is 0.143 e. The Labute approximate surface area is 298 Å². The van der Waals surface area contributed by atoms with E-state index in [2.05, 4.69) is 54.6 Å². The normalized spacial score (nSPS) is 14.5. The maximum absolute atomic E-state index is 8.97. The average molecular weight is 633 g/mol. The fraction of sp³-hybridized carbons (Fsp3) is 0. The van der Waals surface area contributed by atoms with Crippen molar-refractivity contribution in [3.05, 3.63) is 182 Å². The highest BCUT2D eigenvalue weighted by Gasteiger charge is 2.19. The first kappa shape index (κ1) is 19.4. The average Bonchev–Trinajstić information content (AvgIpc) is 3.64. The molecule has 0 bridgehead atoms. The van der Waals surface area contributed by atoms with Crippen LogP contribution in [0, 0.1) is 0 Å². The topological polar surface area (TPSA) is 13.1 Å². The summed E-state index contributed by atoms with van der Waals surface area (Å²) in [6.07, 6.45) is 0. The minimum atomic E-state index is -0.564. The minimum Gasteiger partial charge on any atom is -0.455 e. The third kappa shape index (κ3) is 4.40. The van der Waals surface area contributed by atoms with E-state index in [-0.39, 0.29) is 22.3 Å². The molecule has 0 saturated heterocycles. The molecule has 0 N–H and O–H groups in total. The van der Waals surface area contributed by atoms with Gasteiger partial charge in [0.1, 0.15) is 11.2 Å². The smallest absolute Gasteiger partial charge is 0.143 e. The first-order chi connectivity index (χ1) is 28.5. The van der Waals surface area contributed by atoms with Crippen molar-refractivity contribution < 1.29 is 18.1 Å². The highest BCUT2D eigenvalue weighted by atomic mass is 16.3. The third-order valence-electron chi connectivity index (χ3n) is 9.43. The second kappa shape index (κ2) is 11.1. The molecule has 49 heavy (non-hydrogen) atoms. The second-order valence-electron chi connectivity index (χ2n) is 12.1. The lowest BCUT2D eigenvalue weighted by Crippen LogP contribution is -1.92. The number of furan rings is 1. The molecule has 0 amide bonds. The molecule has 228 valence electrons. The van der Waals surface area contributed by atoms with Gasteiger partial charge in [-0.2, -0.15) is 0 Å². The number of benzene rings is 9. The Morgan fingerprint density at radius 2 is 0.878 bits per heavy atom. The fourth-order valence-electron chi connectivity index (χ4n) is 7.30. The number of fused-ring (bicyclic) bond motifs is 7. The van der Waals surface area contributed by atoms with E-state index in [0.29, 0.717) is 5.56 Å². The molecular weight excluding hydrogens is 593 g/mol. The van der Waals surface area contributed by atoms with Crippen LogP contribution in [0.4, 0.5) is 0 Å². The van der Waals surface area contributed by atoms with Crippen molar-refractivity contribution in [1.82, 2.24) is 0 Å². The van der Waals surface area contributed by atoms with Crippen LogP contribution in [0.3, 0.4) is 0 Å². The van der Waals surface area contributed by atoms with Crippen LogP contribution in [0.5, 0.6) is 0 Å². The zero-order valence-corrected chi connectivity index (χ0v) is 26.0. The van der Waals surface area contributed by atoms with Gasteiger partial charge in [-0.1, -0.05) is 157 Å². The van der Waals surface area contributed by atoms with Crippen molar-refractivity contribution >= 4 is 54.3 Å². The molecule has 0 aliphatic rings. The lowest BCUT2D eigenvalue weighted by Gasteiger charge is -2.19. The Morgan fingerprint density at radius 3 is 1.51 bits per heavy atom. The van der Waals surface area contributed by atoms with E-state index in [1.807, 2.05) is 48.5 Å². The summed E-state index contributed by atoms with van der Waals surface area (Å²) < 4.78 is 92.6. The third-order valence-corrected chi connectivity index (χ3v) is 9.43. The molecule has 1 nitrogen and oxygen atoms in total. The summed E-state index contributed by atoms with van der Waals surface area (Å²) in [5.74, 6) is 0. The molecule has 10 rings (SSSR count). The molecule has 0 fully saturated rings. The number of rotatable bonds is 4. The first-order valence-corrected chi connectivity index (χ1v) is 16.0. The van der Waals surface area contributed by atoms with Crippen LogP contribution in [0.2, 0.25) is 0 Å². The summed E-state index contributed by atoms with van der Waals surface area (Å²) in [6.45, 7) is 0. The summed E-state index contributed by atoms with van der Waals surface area (Å²) in [7, 11) is 0. The molecule has 0 aliphatic carbocycles. The highest BCUT2D eigenvalue weighted by Crippen LogP contribution is 2.46.